The number of methoxy groups -OCH3 is 1. The summed E-state index contributed by atoms with van der Waals surface area (Å²) >= 11 is 0. The number of benzene rings is 1. The van der Waals surface area contributed by atoms with Crippen molar-refractivity contribution in [3.8, 4) is 5.75 Å². The third-order valence-corrected chi connectivity index (χ3v) is 5.31. The number of para-hydroxylation sites is 2. The van der Waals surface area contributed by atoms with E-state index in [1.54, 1.807) is 7.11 Å². The van der Waals surface area contributed by atoms with Crippen molar-refractivity contribution in [1.29, 1.82) is 0 Å². The smallest absolute Gasteiger partial charge is 0.191 e. The normalized spacial score (nSPS) is 20.3. The molecule has 1 aromatic rings. The number of rotatable bonds is 8. The Morgan fingerprint density at radius 2 is 2.03 bits per heavy atom. The van der Waals surface area contributed by atoms with Gasteiger partial charge in [0.25, 0.3) is 0 Å². The van der Waals surface area contributed by atoms with Gasteiger partial charge < -0.3 is 25.0 Å². The summed E-state index contributed by atoms with van der Waals surface area (Å²) in [4.78, 5) is 9.63. The second kappa shape index (κ2) is 13.1. The summed E-state index contributed by atoms with van der Waals surface area (Å²) in [5, 5.41) is 7.00. The van der Waals surface area contributed by atoms with Crippen molar-refractivity contribution in [2.45, 2.75) is 25.8 Å². The molecule has 1 unspecified atom stereocenters. The van der Waals surface area contributed by atoms with E-state index < -0.39 is 0 Å². The molecular formula is C21H36IN5O2. The number of hydrogen-bond donors (Lipinski definition) is 2. The Hall–Kier alpha value is -1.26. The summed E-state index contributed by atoms with van der Waals surface area (Å²) in [6.07, 6.45) is 2.17. The lowest BCUT2D eigenvalue weighted by Crippen LogP contribution is -2.44. The molecule has 0 saturated carbocycles. The number of halogens is 1. The number of guanidine groups is 1. The molecule has 164 valence electrons. The van der Waals surface area contributed by atoms with Crippen LogP contribution in [0.5, 0.6) is 5.75 Å². The van der Waals surface area contributed by atoms with Crippen molar-refractivity contribution in [2.24, 2.45) is 4.99 Å². The average Bonchev–Trinajstić information content (AvgIpc) is 3.20. The van der Waals surface area contributed by atoms with Crippen LogP contribution in [-0.4, -0.2) is 83.0 Å². The van der Waals surface area contributed by atoms with Crippen molar-refractivity contribution in [3.05, 3.63) is 24.3 Å². The van der Waals surface area contributed by atoms with Crippen LogP contribution in [0.3, 0.4) is 0 Å². The first-order chi connectivity index (χ1) is 13.8. The maximum atomic E-state index is 5.52. The highest BCUT2D eigenvalue weighted by Crippen LogP contribution is 2.30. The first kappa shape index (κ1) is 24.0. The van der Waals surface area contributed by atoms with Crippen molar-refractivity contribution < 1.29 is 9.47 Å². The lowest BCUT2D eigenvalue weighted by molar-refractivity contribution is 0.0377. The predicted molar refractivity (Wildman–Crippen MR) is 130 cm³/mol. The monoisotopic (exact) mass is 517 g/mol. The molecule has 1 aromatic carbocycles. The van der Waals surface area contributed by atoms with Crippen LogP contribution < -0.4 is 20.3 Å². The quantitative estimate of drug-likeness (QED) is 0.239. The number of morpholine rings is 1. The zero-order chi connectivity index (χ0) is 19.6. The van der Waals surface area contributed by atoms with Gasteiger partial charge in [0.1, 0.15) is 5.75 Å². The zero-order valence-electron chi connectivity index (χ0n) is 17.7. The Bertz CT molecular complexity index is 625. The molecule has 0 radical (unpaired) electrons. The van der Waals surface area contributed by atoms with Gasteiger partial charge in [-0.1, -0.05) is 12.1 Å². The molecule has 0 aromatic heterocycles. The molecule has 2 heterocycles. The van der Waals surface area contributed by atoms with Gasteiger partial charge in [0, 0.05) is 51.9 Å². The molecule has 2 aliphatic rings. The summed E-state index contributed by atoms with van der Waals surface area (Å²) in [5.41, 5.74) is 1.17. The third kappa shape index (κ3) is 7.49. The molecule has 0 bridgehead atoms. The van der Waals surface area contributed by atoms with E-state index >= 15 is 0 Å². The molecule has 0 amide bonds. The van der Waals surface area contributed by atoms with Crippen LogP contribution in [0.25, 0.3) is 0 Å². The number of nitrogens with zero attached hydrogens (tertiary/aromatic N) is 3. The lowest BCUT2D eigenvalue weighted by atomic mass is 10.2. The van der Waals surface area contributed by atoms with Gasteiger partial charge in [-0.15, -0.1) is 24.0 Å². The fourth-order valence-electron chi connectivity index (χ4n) is 3.81. The second-order valence-corrected chi connectivity index (χ2v) is 7.32. The first-order valence-electron chi connectivity index (χ1n) is 10.5. The molecular weight excluding hydrogens is 481 g/mol. The van der Waals surface area contributed by atoms with Gasteiger partial charge in [-0.2, -0.15) is 0 Å². The fourth-order valence-corrected chi connectivity index (χ4v) is 3.81. The second-order valence-electron chi connectivity index (χ2n) is 7.32. The van der Waals surface area contributed by atoms with Gasteiger partial charge in [-0.05, 0) is 31.9 Å². The molecule has 3 rings (SSSR count). The van der Waals surface area contributed by atoms with Crippen LogP contribution >= 0.6 is 24.0 Å². The van der Waals surface area contributed by atoms with Gasteiger partial charge in [-0.25, -0.2) is 0 Å². The lowest BCUT2D eigenvalue weighted by Gasteiger charge is -2.26. The number of nitrogens with one attached hydrogen (secondary N) is 2. The maximum absolute atomic E-state index is 5.52. The summed E-state index contributed by atoms with van der Waals surface area (Å²) in [7, 11) is 1.73. The van der Waals surface area contributed by atoms with E-state index in [4.69, 9.17) is 14.5 Å². The van der Waals surface area contributed by atoms with Crippen LogP contribution in [0.1, 0.15) is 19.8 Å². The Labute approximate surface area is 192 Å². The van der Waals surface area contributed by atoms with E-state index in [0.29, 0.717) is 6.04 Å². The van der Waals surface area contributed by atoms with Gasteiger partial charge in [0.15, 0.2) is 5.96 Å². The molecule has 8 heteroatoms. The minimum absolute atomic E-state index is 0. The minimum Gasteiger partial charge on any atom is -0.495 e. The molecule has 1 atom stereocenters. The molecule has 7 nitrogen and oxygen atoms in total. The Morgan fingerprint density at radius 3 is 2.79 bits per heavy atom. The van der Waals surface area contributed by atoms with Crippen molar-refractivity contribution in [2.75, 3.05) is 71.0 Å². The molecule has 0 aliphatic carbocycles. The average molecular weight is 517 g/mol. The fraction of sp³-hybridized carbons (Fsp3) is 0.667. The van der Waals surface area contributed by atoms with Crippen LogP contribution in [0.15, 0.2) is 29.3 Å². The van der Waals surface area contributed by atoms with Gasteiger partial charge >= 0.3 is 0 Å². The van der Waals surface area contributed by atoms with Gasteiger partial charge in [0.2, 0.25) is 0 Å². The summed E-state index contributed by atoms with van der Waals surface area (Å²) in [5.74, 6) is 1.86. The topological polar surface area (TPSA) is 61.4 Å². The van der Waals surface area contributed by atoms with Gasteiger partial charge in [0.05, 0.1) is 26.0 Å². The van der Waals surface area contributed by atoms with Crippen LogP contribution in [0.4, 0.5) is 5.69 Å². The number of hydrogen-bond acceptors (Lipinski definition) is 5. The van der Waals surface area contributed by atoms with E-state index in [-0.39, 0.29) is 24.0 Å². The Balaban J connectivity index is 0.00000300. The standard InChI is InChI=1S/C21H35N5O2.HI/c1-3-22-21(23-10-6-11-25-13-15-28-16-14-25)24-18-9-12-26(17-18)19-7-4-5-8-20(19)27-2;/h4-5,7-8,18H,3,6,9-17H2,1-2H3,(H2,22,23,24);1H. The summed E-state index contributed by atoms with van der Waals surface area (Å²) < 4.78 is 10.9. The molecule has 2 aliphatic heterocycles. The van der Waals surface area contributed by atoms with E-state index in [1.165, 1.54) is 5.69 Å². The summed E-state index contributed by atoms with van der Waals surface area (Å²) in [6, 6.07) is 8.63. The Morgan fingerprint density at radius 1 is 1.24 bits per heavy atom. The Kier molecular flexibility index (Phi) is 10.9. The van der Waals surface area contributed by atoms with Crippen molar-refractivity contribution in [3.63, 3.8) is 0 Å². The van der Waals surface area contributed by atoms with E-state index in [1.807, 2.05) is 12.1 Å². The van der Waals surface area contributed by atoms with Crippen molar-refractivity contribution in [1.82, 2.24) is 15.5 Å². The first-order valence-corrected chi connectivity index (χ1v) is 10.5. The third-order valence-electron chi connectivity index (χ3n) is 5.31. The van der Waals surface area contributed by atoms with E-state index in [0.717, 1.165) is 83.6 Å². The van der Waals surface area contributed by atoms with Crippen molar-refractivity contribution >= 4 is 35.6 Å². The van der Waals surface area contributed by atoms with E-state index in [9.17, 15) is 0 Å². The number of ether oxygens (including phenoxy) is 2. The SMILES string of the molecule is CCNC(=NCCCN1CCOCC1)NC1CCN(c2ccccc2OC)C1.I. The number of anilines is 1. The highest BCUT2D eigenvalue weighted by Gasteiger charge is 2.25. The molecule has 0 spiro atoms. The highest BCUT2D eigenvalue weighted by molar-refractivity contribution is 14.0. The van der Waals surface area contributed by atoms with Gasteiger partial charge in [-0.3, -0.25) is 9.89 Å². The largest absolute Gasteiger partial charge is 0.495 e. The maximum Gasteiger partial charge on any atom is 0.191 e. The number of aliphatic imine (C=N–C) groups is 1. The molecule has 2 fully saturated rings. The van der Waals surface area contributed by atoms with E-state index in [2.05, 4.69) is 39.5 Å². The van der Waals surface area contributed by atoms with Crippen LogP contribution in [-0.2, 0) is 4.74 Å². The highest BCUT2D eigenvalue weighted by atomic mass is 127. The van der Waals surface area contributed by atoms with Crippen LogP contribution in [0.2, 0.25) is 0 Å². The predicted octanol–water partition coefficient (Wildman–Crippen LogP) is 2.17. The molecule has 29 heavy (non-hydrogen) atoms. The summed E-state index contributed by atoms with van der Waals surface area (Å²) in [6.45, 7) is 10.7. The van der Waals surface area contributed by atoms with Crippen LogP contribution in [0, 0.1) is 0 Å². The zero-order valence-corrected chi connectivity index (χ0v) is 20.1. The molecule has 2 saturated heterocycles. The molecule has 2 N–H and O–H groups in total. The minimum atomic E-state index is 0.